The maximum atomic E-state index is 13.0. The van der Waals surface area contributed by atoms with Gasteiger partial charge in [0.25, 0.3) is 5.91 Å². The van der Waals surface area contributed by atoms with Crippen molar-refractivity contribution in [3.05, 3.63) is 84.6 Å². The van der Waals surface area contributed by atoms with Gasteiger partial charge in [-0.2, -0.15) is 0 Å². The van der Waals surface area contributed by atoms with Gasteiger partial charge in [0.1, 0.15) is 5.75 Å². The Morgan fingerprint density at radius 3 is 2.24 bits per heavy atom. The maximum absolute atomic E-state index is 13.0. The summed E-state index contributed by atoms with van der Waals surface area (Å²) in [5, 5.41) is 0. The minimum atomic E-state index is -0.187. The number of benzene rings is 3. The molecule has 4 rings (SSSR count). The molecule has 1 aliphatic heterocycles. The zero-order valence-corrected chi connectivity index (χ0v) is 19.5. The van der Waals surface area contributed by atoms with Gasteiger partial charge in [-0.05, 0) is 46.9 Å². The molecule has 0 radical (unpaired) electrons. The number of hydrogen-bond acceptors (Lipinski definition) is 4. The molecule has 0 bridgehead atoms. The van der Waals surface area contributed by atoms with Gasteiger partial charge in [0.05, 0.1) is 13.7 Å². The van der Waals surface area contributed by atoms with Crippen LogP contribution in [0.5, 0.6) is 17.2 Å². The molecule has 0 aromatic heterocycles. The van der Waals surface area contributed by atoms with E-state index in [-0.39, 0.29) is 11.3 Å². The smallest absolute Gasteiger partial charge is 0.294 e. The average molecular weight is 444 g/mol. The first-order chi connectivity index (χ1) is 15.8. The first kappa shape index (κ1) is 22.5. The molecule has 0 aliphatic carbocycles. The Balaban J connectivity index is 1.43. The fraction of sp³-hybridized carbons (Fsp3) is 0.250. The van der Waals surface area contributed by atoms with E-state index in [2.05, 4.69) is 32.9 Å². The summed E-state index contributed by atoms with van der Waals surface area (Å²) >= 11 is 0. The molecular weight excluding hydrogens is 414 g/mol. The summed E-state index contributed by atoms with van der Waals surface area (Å²) in [5.41, 5.74) is 2.99. The van der Waals surface area contributed by atoms with E-state index in [0.717, 1.165) is 16.8 Å². The molecule has 5 nitrogen and oxygen atoms in total. The molecule has 170 valence electrons. The molecule has 1 heterocycles. The maximum Gasteiger partial charge on any atom is 0.294 e. The molecule has 1 amide bonds. The Hall–Kier alpha value is -3.73. The summed E-state index contributed by atoms with van der Waals surface area (Å²) in [6.07, 6.45) is 1.80. The Labute approximate surface area is 195 Å². The van der Waals surface area contributed by atoms with E-state index in [0.29, 0.717) is 36.2 Å². The third kappa shape index (κ3) is 5.37. The van der Waals surface area contributed by atoms with Gasteiger partial charge in [-0.15, -0.1) is 0 Å². The Morgan fingerprint density at radius 2 is 1.58 bits per heavy atom. The van der Waals surface area contributed by atoms with Crippen molar-refractivity contribution in [1.29, 1.82) is 0 Å². The van der Waals surface area contributed by atoms with Crippen molar-refractivity contribution in [1.82, 2.24) is 0 Å². The summed E-state index contributed by atoms with van der Waals surface area (Å²) in [5.74, 6) is 2.00. The van der Waals surface area contributed by atoms with Gasteiger partial charge in [-0.1, -0.05) is 63.2 Å². The van der Waals surface area contributed by atoms with E-state index in [1.54, 1.807) is 18.1 Å². The lowest BCUT2D eigenvalue weighted by Crippen LogP contribution is -2.27. The van der Waals surface area contributed by atoms with Crippen molar-refractivity contribution >= 4 is 11.6 Å². The molecule has 0 saturated heterocycles. The summed E-state index contributed by atoms with van der Waals surface area (Å²) < 4.78 is 17.3. The molecule has 5 heteroatoms. The lowest BCUT2D eigenvalue weighted by molar-refractivity contribution is -0.116. The van der Waals surface area contributed by atoms with E-state index < -0.39 is 0 Å². The highest BCUT2D eigenvalue weighted by atomic mass is 16.5. The largest absolute Gasteiger partial charge is 0.493 e. The van der Waals surface area contributed by atoms with E-state index in [1.807, 2.05) is 60.7 Å². The quantitative estimate of drug-likeness (QED) is 0.443. The molecule has 0 N–H and O–H groups in total. The van der Waals surface area contributed by atoms with Crippen LogP contribution in [0.1, 0.15) is 20.8 Å². The van der Waals surface area contributed by atoms with Crippen molar-refractivity contribution in [2.75, 3.05) is 25.2 Å². The van der Waals surface area contributed by atoms with Gasteiger partial charge in [-0.3, -0.25) is 4.79 Å². The van der Waals surface area contributed by atoms with E-state index in [9.17, 15) is 4.79 Å². The highest BCUT2D eigenvalue weighted by molar-refractivity contribution is 6.07. The van der Waals surface area contributed by atoms with Crippen molar-refractivity contribution in [3.8, 4) is 28.4 Å². The van der Waals surface area contributed by atoms with Crippen LogP contribution in [-0.4, -0.2) is 26.2 Å². The van der Waals surface area contributed by atoms with Crippen LogP contribution < -0.4 is 19.1 Å². The minimum absolute atomic E-state index is 0.0318. The van der Waals surface area contributed by atoms with Gasteiger partial charge >= 0.3 is 0 Å². The number of anilines is 1. The second-order valence-electron chi connectivity index (χ2n) is 9.16. The van der Waals surface area contributed by atoms with Crippen LogP contribution in [0.15, 0.2) is 84.6 Å². The Morgan fingerprint density at radius 1 is 0.879 bits per heavy atom. The fourth-order valence-corrected chi connectivity index (χ4v) is 3.50. The number of amides is 1. The van der Waals surface area contributed by atoms with Gasteiger partial charge in [0.2, 0.25) is 0 Å². The number of carbonyl (C=O) groups is 1. The normalized spacial score (nSPS) is 13.6. The summed E-state index contributed by atoms with van der Waals surface area (Å²) in [6, 6.07) is 23.4. The molecule has 1 aliphatic rings. The lowest BCUT2D eigenvalue weighted by atomic mass is 9.99. The average Bonchev–Trinajstić information content (AvgIpc) is 3.18. The van der Waals surface area contributed by atoms with Crippen LogP contribution in [0.4, 0.5) is 5.69 Å². The summed E-state index contributed by atoms with van der Waals surface area (Å²) in [7, 11) is 1.60. The van der Waals surface area contributed by atoms with Crippen molar-refractivity contribution in [3.63, 3.8) is 0 Å². The van der Waals surface area contributed by atoms with Gasteiger partial charge in [0.15, 0.2) is 17.3 Å². The second kappa shape index (κ2) is 9.41. The SMILES string of the molecule is COc1cc(N2CC=C(Oc3ccc(-c4ccccc4)cc3)C2=O)ccc1OCC(C)(C)C. The first-order valence-corrected chi connectivity index (χ1v) is 11.0. The second-order valence-corrected chi connectivity index (χ2v) is 9.16. The molecule has 0 spiro atoms. The predicted octanol–water partition coefficient (Wildman–Crippen LogP) is 6.10. The molecule has 0 unspecified atom stereocenters. The number of hydrogen-bond donors (Lipinski definition) is 0. The fourth-order valence-electron chi connectivity index (χ4n) is 3.50. The highest BCUT2D eigenvalue weighted by Crippen LogP contribution is 2.34. The van der Waals surface area contributed by atoms with Crippen LogP contribution in [0, 0.1) is 5.41 Å². The van der Waals surface area contributed by atoms with Gasteiger partial charge in [0, 0.05) is 18.3 Å². The summed E-state index contributed by atoms with van der Waals surface area (Å²) in [4.78, 5) is 14.7. The van der Waals surface area contributed by atoms with Gasteiger partial charge < -0.3 is 19.1 Å². The molecule has 3 aromatic rings. The van der Waals surface area contributed by atoms with Gasteiger partial charge in [-0.25, -0.2) is 0 Å². The topological polar surface area (TPSA) is 48.0 Å². The van der Waals surface area contributed by atoms with Crippen molar-refractivity contribution < 1.29 is 19.0 Å². The monoisotopic (exact) mass is 443 g/mol. The number of carbonyl (C=O) groups excluding carboxylic acids is 1. The third-order valence-electron chi connectivity index (χ3n) is 5.22. The number of methoxy groups -OCH3 is 1. The minimum Gasteiger partial charge on any atom is -0.493 e. The molecule has 0 saturated carbocycles. The predicted molar refractivity (Wildman–Crippen MR) is 131 cm³/mol. The molecule has 0 atom stereocenters. The Kier molecular flexibility index (Phi) is 6.40. The lowest BCUT2D eigenvalue weighted by Gasteiger charge is -2.22. The van der Waals surface area contributed by atoms with E-state index in [4.69, 9.17) is 14.2 Å². The molecule has 33 heavy (non-hydrogen) atoms. The highest BCUT2D eigenvalue weighted by Gasteiger charge is 2.28. The van der Waals surface area contributed by atoms with E-state index in [1.165, 1.54) is 0 Å². The van der Waals surface area contributed by atoms with Crippen LogP contribution in [0.2, 0.25) is 0 Å². The van der Waals surface area contributed by atoms with Crippen molar-refractivity contribution in [2.45, 2.75) is 20.8 Å². The third-order valence-corrected chi connectivity index (χ3v) is 5.22. The van der Waals surface area contributed by atoms with Crippen LogP contribution in [0.25, 0.3) is 11.1 Å². The number of nitrogens with zero attached hydrogens (tertiary/aromatic N) is 1. The first-order valence-electron chi connectivity index (χ1n) is 11.0. The van der Waals surface area contributed by atoms with Crippen LogP contribution >= 0.6 is 0 Å². The number of ether oxygens (including phenoxy) is 3. The van der Waals surface area contributed by atoms with Crippen LogP contribution in [-0.2, 0) is 4.79 Å². The van der Waals surface area contributed by atoms with Crippen molar-refractivity contribution in [2.24, 2.45) is 5.41 Å². The van der Waals surface area contributed by atoms with Crippen LogP contribution in [0.3, 0.4) is 0 Å². The zero-order valence-electron chi connectivity index (χ0n) is 19.5. The summed E-state index contributed by atoms with van der Waals surface area (Å²) in [6.45, 7) is 7.33. The number of rotatable bonds is 7. The molecule has 0 fully saturated rings. The van der Waals surface area contributed by atoms with E-state index >= 15 is 0 Å². The Bertz CT molecular complexity index is 1140. The molecule has 3 aromatic carbocycles. The zero-order chi connectivity index (χ0) is 23.4. The molecular formula is C28H29NO4. The standard InChI is InChI=1S/C28H29NO4/c1-28(2,3)19-32-24-15-12-22(18-26(24)31-4)29-17-16-25(27(29)30)33-23-13-10-21(11-14-23)20-8-6-5-7-9-20/h5-16,18H,17,19H2,1-4H3.